The Labute approximate surface area is 379 Å². The molecule has 0 fully saturated rings. The number of aliphatic carboxylic acids is 1. The molecule has 0 aliphatic carbocycles. The highest BCUT2D eigenvalue weighted by atomic mass is 35.5. The molecule has 62 heavy (non-hydrogen) atoms. The average molecular weight is 910 g/mol. The maximum Gasteiger partial charge on any atom is 0.328 e. The third-order valence-corrected chi connectivity index (χ3v) is 12.4. The molecule has 4 N–H and O–H groups in total. The van der Waals surface area contributed by atoms with E-state index in [1.807, 2.05) is 103 Å². The summed E-state index contributed by atoms with van der Waals surface area (Å²) in [5.41, 5.74) is 11.6. The standard InChI is InChI=1S/C24H20ClNO3S.C15H14ClNO2S.C9H8O2.CH4/c1-15(27)21-8-9-22(30-21)17-11-18-12-19(29-24(18)20(25)13-17)14-26-23(28)10-7-16-5-3-2-4-6-16;1-8(18)13-2-3-14(20-13)9-4-10-5-11(7-17)19-15(10)12(16)6-9;10-9(11)7-6-8-4-2-1-3-5-8;/h2-11,13,19H,12,14H2,1H3,(H,26,28);2-4,6,11H,5,7,17H2,1H3;1-7H,(H,10,11);1H4/b10-7+;;7-6+;. The molecular formula is C49H46Cl2N2O7S2. The van der Waals surface area contributed by atoms with Crippen molar-refractivity contribution in [3.63, 3.8) is 0 Å². The molecule has 1 amide bonds. The molecule has 2 aliphatic rings. The van der Waals surface area contributed by atoms with Gasteiger partial charge in [0.25, 0.3) is 0 Å². The summed E-state index contributed by atoms with van der Waals surface area (Å²) in [6.45, 7) is 4.01. The van der Waals surface area contributed by atoms with E-state index in [1.54, 1.807) is 26.0 Å². The minimum Gasteiger partial charge on any atom is -0.487 e. The Balaban J connectivity index is 0.000000195. The van der Waals surface area contributed by atoms with Crippen LogP contribution in [0.25, 0.3) is 33.0 Å². The van der Waals surface area contributed by atoms with Gasteiger partial charge in [-0.15, -0.1) is 22.7 Å². The predicted molar refractivity (Wildman–Crippen MR) is 253 cm³/mol. The molecule has 0 saturated heterocycles. The summed E-state index contributed by atoms with van der Waals surface area (Å²) in [7, 11) is 0. The van der Waals surface area contributed by atoms with Crippen molar-refractivity contribution >= 4 is 81.5 Å². The van der Waals surface area contributed by atoms with Crippen molar-refractivity contribution in [1.82, 2.24) is 5.32 Å². The number of amides is 1. The molecule has 4 heterocycles. The molecule has 2 unspecified atom stereocenters. The lowest BCUT2D eigenvalue weighted by molar-refractivity contribution is -0.131. The van der Waals surface area contributed by atoms with Crippen molar-refractivity contribution < 1.29 is 33.8 Å². The number of hydrogen-bond acceptors (Lipinski definition) is 9. The second-order valence-electron chi connectivity index (χ2n) is 14.0. The highest BCUT2D eigenvalue weighted by molar-refractivity contribution is 7.17. The van der Waals surface area contributed by atoms with Gasteiger partial charge in [-0.1, -0.05) is 91.3 Å². The van der Waals surface area contributed by atoms with Gasteiger partial charge in [0.15, 0.2) is 11.6 Å². The first-order valence-corrected chi connectivity index (χ1v) is 21.6. The number of hydrogen-bond donors (Lipinski definition) is 3. The van der Waals surface area contributed by atoms with Gasteiger partial charge in [-0.05, 0) is 96.8 Å². The number of benzene rings is 4. The number of nitrogens with two attached hydrogens (primary N) is 1. The number of rotatable bonds is 11. The van der Waals surface area contributed by atoms with Gasteiger partial charge in [0.05, 0.1) is 26.3 Å². The van der Waals surface area contributed by atoms with Crippen molar-refractivity contribution in [3.8, 4) is 32.4 Å². The summed E-state index contributed by atoms with van der Waals surface area (Å²) in [5.74, 6) is 0.463. The third-order valence-electron chi connectivity index (χ3n) is 9.39. The average Bonchev–Trinajstić information content (AvgIpc) is 4.09. The van der Waals surface area contributed by atoms with Crippen LogP contribution in [0.1, 0.15) is 62.9 Å². The van der Waals surface area contributed by atoms with Gasteiger partial charge in [-0.25, -0.2) is 4.79 Å². The molecule has 0 spiro atoms. The zero-order chi connectivity index (χ0) is 43.5. The van der Waals surface area contributed by atoms with E-state index in [0.717, 1.165) is 71.1 Å². The molecule has 0 bridgehead atoms. The fraction of sp³-hybridized carbons (Fsp3) is 0.184. The monoisotopic (exact) mass is 908 g/mol. The summed E-state index contributed by atoms with van der Waals surface area (Å²) in [6, 6.07) is 34.4. The number of nitrogens with one attached hydrogen (secondary N) is 1. The van der Waals surface area contributed by atoms with Crippen molar-refractivity contribution in [1.29, 1.82) is 0 Å². The number of fused-ring (bicyclic) bond motifs is 2. The summed E-state index contributed by atoms with van der Waals surface area (Å²) < 4.78 is 11.7. The van der Waals surface area contributed by atoms with E-state index in [2.05, 4.69) is 11.4 Å². The second-order valence-corrected chi connectivity index (χ2v) is 17.0. The topological polar surface area (TPSA) is 145 Å². The first-order valence-electron chi connectivity index (χ1n) is 19.2. The molecule has 0 saturated carbocycles. The summed E-state index contributed by atoms with van der Waals surface area (Å²) in [6.07, 6.45) is 7.26. The van der Waals surface area contributed by atoms with Crippen LogP contribution in [0.3, 0.4) is 0 Å². The van der Waals surface area contributed by atoms with E-state index in [-0.39, 0.29) is 37.1 Å². The number of ketones is 2. The van der Waals surface area contributed by atoms with Crippen molar-refractivity contribution in [2.75, 3.05) is 13.1 Å². The number of carboxylic acid groups (broad SMARTS) is 1. The van der Waals surface area contributed by atoms with Crippen molar-refractivity contribution in [2.45, 2.75) is 46.3 Å². The van der Waals surface area contributed by atoms with E-state index >= 15 is 0 Å². The second kappa shape index (κ2) is 22.3. The minimum absolute atomic E-state index is 0. The van der Waals surface area contributed by atoms with Crippen LogP contribution in [-0.4, -0.2) is 53.8 Å². The Bertz CT molecular complexity index is 2590. The smallest absolute Gasteiger partial charge is 0.328 e. The number of Topliss-reactive ketones (excluding diaryl/α,β-unsaturated/α-hetero) is 2. The Hall–Kier alpha value is -5.82. The number of halogens is 2. The number of carboxylic acids is 1. The SMILES string of the molecule is C.CC(=O)c1ccc(-c2cc(Cl)c3c(c2)CC(CN)O3)s1.CC(=O)c1ccc(-c2cc(Cl)c3c(c2)CC(CNC(=O)/C=C/c2ccccc2)O3)s1.O=C(O)/C=C/c1ccccc1. The molecular weight excluding hydrogens is 864 g/mol. The molecule has 8 rings (SSSR count). The first kappa shape index (κ1) is 47.2. The van der Waals surface area contributed by atoms with Crippen LogP contribution < -0.4 is 20.5 Å². The molecule has 2 aromatic heterocycles. The van der Waals surface area contributed by atoms with E-state index in [4.69, 9.17) is 43.5 Å². The quantitative estimate of drug-likeness (QED) is 0.0861. The fourth-order valence-corrected chi connectivity index (χ4v) is 8.75. The summed E-state index contributed by atoms with van der Waals surface area (Å²) in [4.78, 5) is 48.6. The number of carbonyl (C=O) groups is 4. The summed E-state index contributed by atoms with van der Waals surface area (Å²) >= 11 is 15.7. The maximum absolute atomic E-state index is 12.1. The number of ether oxygens (including phenoxy) is 2. The molecule has 2 aliphatic heterocycles. The zero-order valence-electron chi connectivity index (χ0n) is 33.2. The van der Waals surface area contributed by atoms with Crippen LogP contribution in [0.5, 0.6) is 11.5 Å². The minimum atomic E-state index is -0.922. The fourth-order valence-electron chi connectivity index (χ4n) is 6.41. The Kier molecular flexibility index (Phi) is 17.0. The van der Waals surface area contributed by atoms with Gasteiger partial charge in [-0.2, -0.15) is 0 Å². The lowest BCUT2D eigenvalue weighted by Crippen LogP contribution is -2.33. The van der Waals surface area contributed by atoms with Crippen molar-refractivity contribution in [3.05, 3.63) is 163 Å². The van der Waals surface area contributed by atoms with Crippen LogP contribution >= 0.6 is 45.9 Å². The Morgan fingerprint density at radius 2 is 1.15 bits per heavy atom. The highest BCUT2D eigenvalue weighted by Gasteiger charge is 2.27. The van der Waals surface area contributed by atoms with Crippen LogP contribution in [0.4, 0.5) is 0 Å². The van der Waals surface area contributed by atoms with Gasteiger partial charge < -0.3 is 25.6 Å². The van der Waals surface area contributed by atoms with Gasteiger partial charge in [0.2, 0.25) is 5.91 Å². The van der Waals surface area contributed by atoms with E-state index in [1.165, 1.54) is 28.7 Å². The zero-order valence-corrected chi connectivity index (χ0v) is 36.4. The van der Waals surface area contributed by atoms with Gasteiger partial charge >= 0.3 is 5.97 Å². The van der Waals surface area contributed by atoms with Crippen LogP contribution in [-0.2, 0) is 22.4 Å². The molecule has 9 nitrogen and oxygen atoms in total. The molecule has 0 radical (unpaired) electrons. The van der Waals surface area contributed by atoms with Crippen LogP contribution in [0, 0.1) is 0 Å². The lowest BCUT2D eigenvalue weighted by atomic mass is 10.1. The molecule has 320 valence electrons. The largest absolute Gasteiger partial charge is 0.487 e. The van der Waals surface area contributed by atoms with E-state index in [0.29, 0.717) is 35.3 Å². The molecule has 6 aromatic rings. The van der Waals surface area contributed by atoms with E-state index in [9.17, 15) is 19.2 Å². The van der Waals surface area contributed by atoms with Gasteiger partial charge in [0, 0.05) is 52.4 Å². The number of thiophene rings is 2. The van der Waals surface area contributed by atoms with Crippen LogP contribution in [0.2, 0.25) is 10.0 Å². The molecule has 13 heteroatoms. The lowest BCUT2D eigenvalue weighted by Gasteiger charge is -2.11. The Morgan fingerprint density at radius 3 is 1.58 bits per heavy atom. The molecule has 4 aromatic carbocycles. The first-order chi connectivity index (χ1) is 29.4. The Morgan fingerprint density at radius 1 is 0.694 bits per heavy atom. The van der Waals surface area contributed by atoms with Gasteiger partial charge in [-0.3, -0.25) is 14.4 Å². The number of carbonyl (C=O) groups excluding carboxylic acids is 3. The van der Waals surface area contributed by atoms with Gasteiger partial charge in [0.1, 0.15) is 23.7 Å². The normalized spacial score (nSPS) is 14.5. The van der Waals surface area contributed by atoms with E-state index < -0.39 is 5.97 Å². The van der Waals surface area contributed by atoms with Crippen molar-refractivity contribution in [2.24, 2.45) is 5.73 Å². The maximum atomic E-state index is 12.1. The highest BCUT2D eigenvalue weighted by Crippen LogP contribution is 2.42. The third kappa shape index (κ3) is 12.9. The summed E-state index contributed by atoms with van der Waals surface area (Å²) in [5, 5.41) is 12.3. The van der Waals surface area contributed by atoms with Crippen LogP contribution in [0.15, 0.2) is 121 Å². The molecule has 2 atom stereocenters. The predicted octanol–water partition coefficient (Wildman–Crippen LogP) is 11.4.